The van der Waals surface area contributed by atoms with Gasteiger partial charge in [0, 0.05) is 12.1 Å². The first-order valence-corrected chi connectivity index (χ1v) is 11.1. The summed E-state index contributed by atoms with van der Waals surface area (Å²) in [5, 5.41) is 3.19. The average Bonchev–Trinajstić information content (AvgIpc) is 2.75. The molecule has 1 heterocycles. The Bertz CT molecular complexity index is 1240. The van der Waals surface area contributed by atoms with Crippen molar-refractivity contribution in [1.82, 2.24) is 9.97 Å². The van der Waals surface area contributed by atoms with E-state index in [9.17, 15) is 22.8 Å². The zero-order chi connectivity index (χ0) is 25.3. The number of carbonyl (C=O) groups excluding carboxylic acids is 1. The Morgan fingerprint density at radius 2 is 1.76 bits per heavy atom. The summed E-state index contributed by atoms with van der Waals surface area (Å²) in [5.74, 6) is -0.160. The van der Waals surface area contributed by atoms with Crippen LogP contribution in [0.15, 0.2) is 41.2 Å². The number of hydrogen-bond donors (Lipinski definition) is 2. The molecule has 0 aliphatic heterocycles. The maximum Gasteiger partial charge on any atom is 0.416 e. The lowest BCUT2D eigenvalue weighted by Gasteiger charge is -2.24. The summed E-state index contributed by atoms with van der Waals surface area (Å²) < 4.78 is 47.3. The van der Waals surface area contributed by atoms with E-state index in [1.165, 1.54) is 6.07 Å². The van der Waals surface area contributed by atoms with Crippen LogP contribution in [0.2, 0.25) is 0 Å². The molecule has 0 aliphatic rings. The van der Waals surface area contributed by atoms with Crippen LogP contribution in [0.3, 0.4) is 0 Å². The van der Waals surface area contributed by atoms with Crippen molar-refractivity contribution in [2.75, 3.05) is 5.32 Å². The van der Waals surface area contributed by atoms with Gasteiger partial charge in [-0.2, -0.15) is 13.2 Å². The topological polar surface area (TPSA) is 84.1 Å². The van der Waals surface area contributed by atoms with E-state index in [4.69, 9.17) is 4.74 Å². The number of aromatic amines is 1. The molecule has 0 bridgehead atoms. The molecular weight excluding hydrogens is 447 g/mol. The third-order valence-electron chi connectivity index (χ3n) is 5.21. The normalized spacial score (nSPS) is 13.1. The van der Waals surface area contributed by atoms with Crippen LogP contribution in [-0.2, 0) is 17.3 Å². The van der Waals surface area contributed by atoms with Gasteiger partial charge in [-0.25, -0.2) is 9.78 Å². The molecule has 3 aromatic rings. The fraction of sp³-hybridized carbons (Fsp3) is 0.400. The van der Waals surface area contributed by atoms with Gasteiger partial charge in [-0.3, -0.25) is 4.79 Å². The molecule has 0 unspecified atom stereocenters. The minimum absolute atomic E-state index is 0.00763. The lowest BCUT2D eigenvalue weighted by molar-refractivity contribution is -0.138. The van der Waals surface area contributed by atoms with Gasteiger partial charge in [0.05, 0.1) is 28.1 Å². The molecule has 9 heteroatoms. The van der Waals surface area contributed by atoms with E-state index in [1.807, 2.05) is 0 Å². The van der Waals surface area contributed by atoms with Gasteiger partial charge >= 0.3 is 12.1 Å². The van der Waals surface area contributed by atoms with Crippen molar-refractivity contribution in [2.24, 2.45) is 0 Å². The van der Waals surface area contributed by atoms with Crippen LogP contribution >= 0.6 is 0 Å². The predicted molar refractivity (Wildman–Crippen MR) is 125 cm³/mol. The van der Waals surface area contributed by atoms with Gasteiger partial charge in [0.2, 0.25) is 0 Å². The minimum Gasteiger partial charge on any atom is -0.456 e. The summed E-state index contributed by atoms with van der Waals surface area (Å²) in [6.07, 6.45) is -3.91. The average molecular weight is 476 g/mol. The number of halogens is 3. The Labute approximate surface area is 195 Å². The lowest BCUT2D eigenvalue weighted by atomic mass is 9.95. The van der Waals surface area contributed by atoms with Crippen molar-refractivity contribution in [3.63, 3.8) is 0 Å². The van der Waals surface area contributed by atoms with Crippen LogP contribution in [0.1, 0.15) is 74.4 Å². The van der Waals surface area contributed by atoms with Crippen molar-refractivity contribution in [2.45, 2.75) is 65.3 Å². The summed E-state index contributed by atoms with van der Waals surface area (Å²) in [6.45, 7) is 8.79. The number of fused-ring (bicyclic) bond motifs is 1. The van der Waals surface area contributed by atoms with Crippen LogP contribution in [0.4, 0.5) is 18.9 Å². The summed E-state index contributed by atoms with van der Waals surface area (Å²) >= 11 is 0. The lowest BCUT2D eigenvalue weighted by Crippen LogP contribution is -2.23. The number of rotatable bonds is 6. The monoisotopic (exact) mass is 475 g/mol. The molecule has 1 aromatic heterocycles. The zero-order valence-corrected chi connectivity index (χ0v) is 19.8. The Hall–Kier alpha value is -3.36. The molecule has 182 valence electrons. The maximum atomic E-state index is 14.0. The molecule has 0 amide bonds. The number of carbonyl (C=O) groups is 1. The predicted octanol–water partition coefficient (Wildman–Crippen LogP) is 6.02. The highest BCUT2D eigenvalue weighted by molar-refractivity contribution is 5.90. The first-order chi connectivity index (χ1) is 15.8. The number of hydrogen-bond acceptors (Lipinski definition) is 5. The second kappa shape index (κ2) is 9.48. The van der Waals surface area contributed by atoms with Crippen molar-refractivity contribution in [1.29, 1.82) is 0 Å². The molecule has 0 saturated carbocycles. The number of nitrogens with zero attached hydrogens (tertiary/aromatic N) is 1. The number of benzene rings is 2. The number of alkyl halides is 3. The number of nitrogens with one attached hydrogen (secondary N) is 2. The van der Waals surface area contributed by atoms with E-state index in [0.29, 0.717) is 29.9 Å². The molecule has 0 fully saturated rings. The number of anilines is 1. The first-order valence-electron chi connectivity index (χ1n) is 11.1. The number of aryl methyl sites for hydroxylation is 1. The van der Waals surface area contributed by atoms with Crippen molar-refractivity contribution < 1.29 is 22.7 Å². The van der Waals surface area contributed by atoms with Gasteiger partial charge in [-0.1, -0.05) is 13.8 Å². The zero-order valence-electron chi connectivity index (χ0n) is 19.8. The molecule has 2 N–H and O–H groups in total. The molecule has 34 heavy (non-hydrogen) atoms. The highest BCUT2D eigenvalue weighted by Crippen LogP contribution is 2.38. The molecule has 6 nitrogen and oxygen atoms in total. The van der Waals surface area contributed by atoms with Gasteiger partial charge in [0.15, 0.2) is 0 Å². The first kappa shape index (κ1) is 25.3. The van der Waals surface area contributed by atoms with Gasteiger partial charge in [0.1, 0.15) is 11.4 Å². The fourth-order valence-electron chi connectivity index (χ4n) is 3.59. The Morgan fingerprint density at radius 1 is 1.12 bits per heavy atom. The van der Waals surface area contributed by atoms with Gasteiger partial charge in [-0.05, 0) is 69.2 Å². The Balaban J connectivity index is 1.99. The molecule has 0 saturated heterocycles. The second-order valence-corrected chi connectivity index (χ2v) is 9.00. The highest BCUT2D eigenvalue weighted by atomic mass is 19.4. The Kier molecular flexibility index (Phi) is 7.05. The van der Waals surface area contributed by atoms with Crippen molar-refractivity contribution in [3.8, 4) is 0 Å². The van der Waals surface area contributed by atoms with Gasteiger partial charge in [-0.15, -0.1) is 0 Å². The van der Waals surface area contributed by atoms with Crippen LogP contribution in [-0.4, -0.2) is 21.5 Å². The Morgan fingerprint density at radius 3 is 2.29 bits per heavy atom. The second-order valence-electron chi connectivity index (χ2n) is 9.00. The quantitative estimate of drug-likeness (QED) is 0.426. The molecule has 1 atom stereocenters. The van der Waals surface area contributed by atoms with Crippen molar-refractivity contribution in [3.05, 3.63) is 69.3 Å². The highest BCUT2D eigenvalue weighted by Gasteiger charge is 2.36. The van der Waals surface area contributed by atoms with E-state index >= 15 is 0 Å². The van der Waals surface area contributed by atoms with E-state index < -0.39 is 34.9 Å². The molecule has 0 aliphatic carbocycles. The molecule has 3 rings (SSSR count). The molecule has 0 spiro atoms. The van der Waals surface area contributed by atoms with Crippen LogP contribution in [0.5, 0.6) is 0 Å². The largest absolute Gasteiger partial charge is 0.456 e. The van der Waals surface area contributed by atoms with E-state index in [0.717, 1.165) is 6.07 Å². The van der Waals surface area contributed by atoms with Crippen LogP contribution in [0.25, 0.3) is 10.9 Å². The number of H-pyrrole nitrogens is 1. The van der Waals surface area contributed by atoms with Gasteiger partial charge < -0.3 is 15.0 Å². The summed E-state index contributed by atoms with van der Waals surface area (Å²) in [7, 11) is 0. The molecule has 2 aromatic carbocycles. The molecule has 0 radical (unpaired) electrons. The number of ether oxygens (including phenoxy) is 1. The summed E-state index contributed by atoms with van der Waals surface area (Å²) in [5.41, 5.74) is -1.14. The standard InChI is InChI=1S/C25H28F3N3O3/c1-6-19(29-15-10-8-14(9-11-15)23(33)34-24(3,4)5)16-12-17-20(13-18(16)25(26,27)28)30-21(7-2)31-22(17)32/h8-13,19,29H,6-7H2,1-5H3,(H,30,31,32)/t19-/m1/s1. The fourth-order valence-corrected chi connectivity index (χ4v) is 3.59. The van der Waals surface area contributed by atoms with Crippen LogP contribution < -0.4 is 10.9 Å². The minimum atomic E-state index is -4.63. The van der Waals surface area contributed by atoms with Gasteiger partial charge in [0.25, 0.3) is 5.56 Å². The summed E-state index contributed by atoms with van der Waals surface area (Å²) in [6, 6.07) is 7.79. The maximum absolute atomic E-state index is 14.0. The number of aromatic nitrogens is 2. The summed E-state index contributed by atoms with van der Waals surface area (Å²) in [4.78, 5) is 31.5. The van der Waals surface area contributed by atoms with E-state index in [1.54, 1.807) is 58.9 Å². The smallest absolute Gasteiger partial charge is 0.416 e. The van der Waals surface area contributed by atoms with E-state index in [2.05, 4.69) is 15.3 Å². The van der Waals surface area contributed by atoms with Crippen LogP contribution in [0, 0.1) is 0 Å². The van der Waals surface area contributed by atoms with Crippen molar-refractivity contribution >= 4 is 22.6 Å². The third kappa shape index (κ3) is 5.76. The SMILES string of the molecule is CCc1nc2cc(C(F)(F)F)c([C@@H](CC)Nc3ccc(C(=O)OC(C)(C)C)cc3)cc2c(=O)[nH]1. The van der Waals surface area contributed by atoms with E-state index in [-0.39, 0.29) is 16.5 Å². The molecular formula is C25H28F3N3O3. The number of esters is 1. The third-order valence-corrected chi connectivity index (χ3v) is 5.21.